The number of halogens is 1. The van der Waals surface area contributed by atoms with Gasteiger partial charge in [0.2, 0.25) is 5.91 Å². The third-order valence-electron chi connectivity index (χ3n) is 5.27. The Hall–Kier alpha value is -2.71. The van der Waals surface area contributed by atoms with Crippen molar-refractivity contribution in [3.8, 4) is 0 Å². The van der Waals surface area contributed by atoms with E-state index in [0.717, 1.165) is 23.8 Å². The minimum absolute atomic E-state index is 0.0440. The van der Waals surface area contributed by atoms with Crippen LogP contribution in [0.5, 0.6) is 0 Å². The summed E-state index contributed by atoms with van der Waals surface area (Å²) in [6.45, 7) is 4.09. The molecule has 2 amide bonds. The van der Waals surface area contributed by atoms with E-state index in [1.165, 1.54) is 18.6 Å². The molecular weight excluding hydrogens is 418 g/mol. The van der Waals surface area contributed by atoms with Crippen molar-refractivity contribution in [2.75, 3.05) is 57.9 Å². The largest absolute Gasteiger partial charge is 0.385 e. The highest BCUT2D eigenvalue weighted by molar-refractivity contribution is 6.33. The molecule has 1 aliphatic heterocycles. The average Bonchev–Trinajstić information content (AvgIpc) is 2.81. The number of anilines is 1. The van der Waals surface area contributed by atoms with Gasteiger partial charge in [0.25, 0.3) is 5.91 Å². The molecule has 0 atom stereocenters. The zero-order valence-corrected chi connectivity index (χ0v) is 18.5. The number of hydrogen-bond donors (Lipinski definition) is 0. The summed E-state index contributed by atoms with van der Waals surface area (Å²) in [4.78, 5) is 39.4. The highest BCUT2D eigenvalue weighted by atomic mass is 35.5. The molecule has 8 nitrogen and oxygen atoms in total. The predicted octanol–water partition coefficient (Wildman–Crippen LogP) is 2.35. The van der Waals surface area contributed by atoms with Crippen molar-refractivity contribution in [3.05, 3.63) is 53.6 Å². The normalized spacial score (nSPS) is 13.9. The number of hydrogen-bond acceptors (Lipinski definition) is 6. The number of methoxy groups -OCH3 is 1. The van der Waals surface area contributed by atoms with E-state index in [1.807, 2.05) is 29.2 Å². The molecule has 1 saturated heterocycles. The minimum atomic E-state index is -0.222. The zero-order chi connectivity index (χ0) is 22.1. The second-order valence-electron chi connectivity index (χ2n) is 7.30. The Morgan fingerprint density at radius 3 is 2.58 bits per heavy atom. The Bertz CT molecular complexity index is 859. The molecule has 0 unspecified atom stereocenters. The quantitative estimate of drug-likeness (QED) is 0.551. The Morgan fingerprint density at radius 2 is 1.90 bits per heavy atom. The fourth-order valence-electron chi connectivity index (χ4n) is 3.58. The summed E-state index contributed by atoms with van der Waals surface area (Å²) in [6.07, 6.45) is 5.42. The lowest BCUT2D eigenvalue weighted by atomic mass is 10.2. The van der Waals surface area contributed by atoms with Crippen LogP contribution in [0.25, 0.3) is 0 Å². The molecule has 1 aliphatic rings. The Labute approximate surface area is 187 Å². The zero-order valence-electron chi connectivity index (χ0n) is 17.7. The molecule has 31 heavy (non-hydrogen) atoms. The second-order valence-corrected chi connectivity index (χ2v) is 7.71. The van der Waals surface area contributed by atoms with Crippen LogP contribution in [0.4, 0.5) is 5.69 Å². The van der Waals surface area contributed by atoms with Crippen LogP contribution in [0.15, 0.2) is 42.9 Å². The van der Waals surface area contributed by atoms with Gasteiger partial charge in [-0.25, -0.2) is 4.98 Å². The first kappa shape index (κ1) is 23.0. The molecule has 9 heteroatoms. The van der Waals surface area contributed by atoms with Gasteiger partial charge in [-0.15, -0.1) is 0 Å². The molecule has 1 aromatic carbocycles. The van der Waals surface area contributed by atoms with Gasteiger partial charge in [-0.3, -0.25) is 14.6 Å². The summed E-state index contributed by atoms with van der Waals surface area (Å²) in [5.41, 5.74) is 1.27. The molecule has 3 rings (SSSR count). The number of nitrogens with zero attached hydrogens (tertiary/aromatic N) is 5. The van der Waals surface area contributed by atoms with E-state index in [-0.39, 0.29) is 23.9 Å². The van der Waals surface area contributed by atoms with Crippen molar-refractivity contribution in [2.24, 2.45) is 0 Å². The van der Waals surface area contributed by atoms with Crippen molar-refractivity contribution in [3.63, 3.8) is 0 Å². The Kier molecular flexibility index (Phi) is 8.61. The van der Waals surface area contributed by atoms with E-state index >= 15 is 0 Å². The van der Waals surface area contributed by atoms with Crippen molar-refractivity contribution in [1.29, 1.82) is 0 Å². The van der Waals surface area contributed by atoms with Gasteiger partial charge in [0, 0.05) is 71.8 Å². The number of carbonyl (C=O) groups is 2. The fourth-order valence-corrected chi connectivity index (χ4v) is 3.84. The lowest BCUT2D eigenvalue weighted by molar-refractivity contribution is -0.131. The number of para-hydroxylation sites is 1. The van der Waals surface area contributed by atoms with Crippen LogP contribution in [0.1, 0.15) is 23.3 Å². The van der Waals surface area contributed by atoms with Gasteiger partial charge in [0.15, 0.2) is 0 Å². The molecule has 0 aliphatic carbocycles. The summed E-state index contributed by atoms with van der Waals surface area (Å²) in [7, 11) is 1.63. The number of aromatic nitrogens is 2. The van der Waals surface area contributed by atoms with Crippen LogP contribution < -0.4 is 4.90 Å². The molecule has 1 aromatic heterocycles. The molecule has 0 bridgehead atoms. The maximum atomic E-state index is 12.8. The van der Waals surface area contributed by atoms with Gasteiger partial charge in [0.05, 0.1) is 16.9 Å². The topological polar surface area (TPSA) is 78.9 Å². The first-order valence-electron chi connectivity index (χ1n) is 10.4. The van der Waals surface area contributed by atoms with Gasteiger partial charge in [-0.05, 0) is 18.6 Å². The second kappa shape index (κ2) is 11.6. The van der Waals surface area contributed by atoms with Gasteiger partial charge >= 0.3 is 0 Å². The number of ether oxygens (including phenoxy) is 1. The van der Waals surface area contributed by atoms with Crippen LogP contribution >= 0.6 is 11.6 Å². The van der Waals surface area contributed by atoms with Crippen molar-refractivity contribution in [1.82, 2.24) is 19.8 Å². The lowest BCUT2D eigenvalue weighted by Gasteiger charge is -2.36. The van der Waals surface area contributed by atoms with E-state index in [1.54, 1.807) is 12.0 Å². The highest BCUT2D eigenvalue weighted by Crippen LogP contribution is 2.26. The molecule has 0 spiro atoms. The third-order valence-corrected chi connectivity index (χ3v) is 5.59. The SMILES string of the molecule is COCCCN(CCC(=O)N1CCN(c2ccccc2Cl)CC1)C(=O)c1cnccn1. The van der Waals surface area contributed by atoms with Crippen LogP contribution in [0.2, 0.25) is 5.02 Å². The van der Waals surface area contributed by atoms with E-state index in [0.29, 0.717) is 39.2 Å². The molecule has 1 fully saturated rings. The van der Waals surface area contributed by atoms with Gasteiger partial charge in [-0.1, -0.05) is 23.7 Å². The molecule has 0 N–H and O–H groups in total. The van der Waals surface area contributed by atoms with Crippen LogP contribution in [-0.4, -0.2) is 84.6 Å². The smallest absolute Gasteiger partial charge is 0.274 e. The number of piperazine rings is 1. The number of amides is 2. The molecule has 0 radical (unpaired) electrons. The monoisotopic (exact) mass is 445 g/mol. The summed E-state index contributed by atoms with van der Waals surface area (Å²) >= 11 is 6.30. The number of benzene rings is 1. The minimum Gasteiger partial charge on any atom is -0.385 e. The van der Waals surface area contributed by atoms with Gasteiger partial charge < -0.3 is 19.4 Å². The van der Waals surface area contributed by atoms with Gasteiger partial charge in [-0.2, -0.15) is 0 Å². The van der Waals surface area contributed by atoms with Crippen molar-refractivity contribution < 1.29 is 14.3 Å². The lowest BCUT2D eigenvalue weighted by Crippen LogP contribution is -2.49. The van der Waals surface area contributed by atoms with E-state index < -0.39 is 0 Å². The van der Waals surface area contributed by atoms with Gasteiger partial charge in [0.1, 0.15) is 5.69 Å². The fraction of sp³-hybridized carbons (Fsp3) is 0.455. The van der Waals surface area contributed by atoms with Crippen LogP contribution in [-0.2, 0) is 9.53 Å². The standard InChI is InChI=1S/C22H28ClN5O3/c1-31-16-4-10-28(22(30)19-17-24-8-9-25-19)11-7-21(29)27-14-12-26(13-15-27)20-6-3-2-5-18(20)23/h2-3,5-6,8-9,17H,4,7,10-16H2,1H3. The Morgan fingerprint density at radius 1 is 1.13 bits per heavy atom. The summed E-state index contributed by atoms with van der Waals surface area (Å²) in [5, 5.41) is 0.719. The highest BCUT2D eigenvalue weighted by Gasteiger charge is 2.24. The summed E-state index contributed by atoms with van der Waals surface area (Å²) in [6, 6.07) is 7.74. The molecule has 166 valence electrons. The average molecular weight is 446 g/mol. The molecular formula is C22H28ClN5O3. The predicted molar refractivity (Wildman–Crippen MR) is 119 cm³/mol. The van der Waals surface area contributed by atoms with Crippen molar-refractivity contribution >= 4 is 29.1 Å². The van der Waals surface area contributed by atoms with E-state index in [4.69, 9.17) is 16.3 Å². The Balaban J connectivity index is 1.53. The first-order valence-corrected chi connectivity index (χ1v) is 10.8. The van der Waals surface area contributed by atoms with E-state index in [9.17, 15) is 9.59 Å². The third kappa shape index (κ3) is 6.38. The first-order chi connectivity index (χ1) is 15.1. The summed E-state index contributed by atoms with van der Waals surface area (Å²) < 4.78 is 5.10. The van der Waals surface area contributed by atoms with Crippen LogP contribution in [0, 0.1) is 0 Å². The molecule has 0 saturated carbocycles. The van der Waals surface area contributed by atoms with Crippen molar-refractivity contribution in [2.45, 2.75) is 12.8 Å². The number of carbonyl (C=O) groups excluding carboxylic acids is 2. The summed E-state index contributed by atoms with van der Waals surface area (Å²) in [5.74, 6) is -0.178. The number of rotatable bonds is 9. The van der Waals surface area contributed by atoms with E-state index in [2.05, 4.69) is 14.9 Å². The maximum absolute atomic E-state index is 12.8. The molecule has 2 heterocycles. The maximum Gasteiger partial charge on any atom is 0.274 e. The molecule has 2 aromatic rings. The van der Waals surface area contributed by atoms with Crippen LogP contribution in [0.3, 0.4) is 0 Å².